The summed E-state index contributed by atoms with van der Waals surface area (Å²) in [5, 5.41) is 2.91. The van der Waals surface area contributed by atoms with Crippen LogP contribution in [-0.2, 0) is 14.8 Å². The Labute approximate surface area is 169 Å². The molecule has 2 N–H and O–H groups in total. The van der Waals surface area contributed by atoms with E-state index in [0.717, 1.165) is 24.9 Å². The number of likely N-dealkylation sites (tertiary alicyclic amines) is 1. The van der Waals surface area contributed by atoms with Crippen LogP contribution in [0, 0.1) is 11.8 Å². The molecule has 3 atom stereocenters. The fourth-order valence-corrected chi connectivity index (χ4v) is 6.34. The van der Waals surface area contributed by atoms with Crippen LogP contribution in [0.1, 0.15) is 46.0 Å². The van der Waals surface area contributed by atoms with E-state index in [9.17, 15) is 13.2 Å². The van der Waals surface area contributed by atoms with Gasteiger partial charge in [-0.25, -0.2) is 8.42 Å². The summed E-state index contributed by atoms with van der Waals surface area (Å²) in [5.41, 5.74) is 0.546. The zero-order chi connectivity index (χ0) is 20.1. The molecule has 1 heterocycles. The molecule has 0 radical (unpaired) electrons. The third-order valence-corrected chi connectivity index (χ3v) is 8.40. The van der Waals surface area contributed by atoms with E-state index in [1.54, 1.807) is 24.3 Å². The molecule has 1 aliphatic heterocycles. The van der Waals surface area contributed by atoms with E-state index in [2.05, 4.69) is 5.32 Å². The molecule has 1 aromatic carbocycles. The van der Waals surface area contributed by atoms with E-state index in [4.69, 9.17) is 0 Å². The maximum absolute atomic E-state index is 12.7. The van der Waals surface area contributed by atoms with Gasteiger partial charge in [0.1, 0.15) is 0 Å². The SMILES string of the molecule is CCN(CC)S(=O)(=O)c1cccc(NC(=O)C[NH+]2CC[C@@H]3CCCC[C@@H]3C2)c1. The third kappa shape index (κ3) is 4.93. The minimum atomic E-state index is -3.52. The maximum Gasteiger partial charge on any atom is 0.279 e. The van der Waals surface area contributed by atoms with Gasteiger partial charge in [-0.15, -0.1) is 0 Å². The van der Waals surface area contributed by atoms with Crippen LogP contribution in [-0.4, -0.2) is 51.4 Å². The lowest BCUT2D eigenvalue weighted by molar-refractivity contribution is -0.902. The van der Waals surface area contributed by atoms with Gasteiger partial charge in [-0.3, -0.25) is 4.79 Å². The average molecular weight is 409 g/mol. The van der Waals surface area contributed by atoms with E-state index >= 15 is 0 Å². The van der Waals surface area contributed by atoms with Crippen LogP contribution in [0.25, 0.3) is 0 Å². The monoisotopic (exact) mass is 408 g/mol. The molecule has 0 spiro atoms. The summed E-state index contributed by atoms with van der Waals surface area (Å²) < 4.78 is 26.8. The second-order valence-corrected chi connectivity index (χ2v) is 10.1. The molecule has 1 amide bonds. The number of carbonyl (C=O) groups excluding carboxylic acids is 1. The van der Waals surface area contributed by atoms with Gasteiger partial charge in [0.25, 0.3) is 5.91 Å². The van der Waals surface area contributed by atoms with Crippen molar-refractivity contribution >= 4 is 21.6 Å². The van der Waals surface area contributed by atoms with Gasteiger partial charge in [0.05, 0.1) is 18.0 Å². The summed E-state index contributed by atoms with van der Waals surface area (Å²) in [7, 11) is -3.52. The average Bonchev–Trinajstić information content (AvgIpc) is 2.68. The van der Waals surface area contributed by atoms with Crippen molar-refractivity contribution in [3.05, 3.63) is 24.3 Å². The summed E-state index contributed by atoms with van der Waals surface area (Å²) >= 11 is 0. The van der Waals surface area contributed by atoms with Crippen LogP contribution >= 0.6 is 0 Å². The number of amides is 1. The van der Waals surface area contributed by atoms with Crippen LogP contribution in [0.2, 0.25) is 0 Å². The quantitative estimate of drug-likeness (QED) is 0.722. The first-order valence-corrected chi connectivity index (χ1v) is 12.1. The smallest absolute Gasteiger partial charge is 0.279 e. The molecule has 6 nitrogen and oxygen atoms in total. The number of hydrogen-bond acceptors (Lipinski definition) is 3. The number of carbonyl (C=O) groups is 1. The Hall–Kier alpha value is -1.44. The molecule has 7 heteroatoms. The minimum Gasteiger partial charge on any atom is -0.327 e. The Morgan fingerprint density at radius 1 is 1.14 bits per heavy atom. The number of rotatable bonds is 7. The van der Waals surface area contributed by atoms with Gasteiger partial charge in [-0.1, -0.05) is 32.8 Å². The summed E-state index contributed by atoms with van der Waals surface area (Å²) in [6.07, 6.45) is 6.59. The first-order chi connectivity index (χ1) is 13.4. The first kappa shape index (κ1) is 21.3. The molecule has 1 saturated heterocycles. The van der Waals surface area contributed by atoms with Crippen molar-refractivity contribution in [1.82, 2.24) is 4.31 Å². The first-order valence-electron chi connectivity index (χ1n) is 10.7. The van der Waals surface area contributed by atoms with Gasteiger partial charge < -0.3 is 10.2 Å². The predicted molar refractivity (Wildman–Crippen MR) is 111 cm³/mol. The van der Waals surface area contributed by atoms with E-state index in [0.29, 0.717) is 25.3 Å². The van der Waals surface area contributed by atoms with E-state index < -0.39 is 10.0 Å². The van der Waals surface area contributed by atoms with Gasteiger partial charge in [-0.05, 0) is 43.4 Å². The predicted octanol–water partition coefficient (Wildman–Crippen LogP) is 1.75. The van der Waals surface area contributed by atoms with Gasteiger partial charge in [0, 0.05) is 24.7 Å². The topological polar surface area (TPSA) is 70.9 Å². The number of sulfonamides is 1. The highest BCUT2D eigenvalue weighted by atomic mass is 32.2. The number of benzene rings is 1. The third-order valence-electron chi connectivity index (χ3n) is 6.36. The molecule has 2 fully saturated rings. The van der Waals surface area contributed by atoms with Crippen molar-refractivity contribution in [2.75, 3.05) is 38.0 Å². The van der Waals surface area contributed by atoms with Gasteiger partial charge in [0.2, 0.25) is 10.0 Å². The summed E-state index contributed by atoms with van der Waals surface area (Å²) in [6.45, 7) is 7.11. The van der Waals surface area contributed by atoms with Crippen molar-refractivity contribution in [3.63, 3.8) is 0 Å². The summed E-state index contributed by atoms with van der Waals surface area (Å²) in [6, 6.07) is 6.59. The molecular formula is C21H34N3O3S+. The summed E-state index contributed by atoms with van der Waals surface area (Å²) in [4.78, 5) is 14.1. The number of nitrogens with one attached hydrogen (secondary N) is 2. The van der Waals surface area contributed by atoms with Crippen LogP contribution in [0.15, 0.2) is 29.2 Å². The lowest BCUT2D eigenvalue weighted by Gasteiger charge is -2.38. The van der Waals surface area contributed by atoms with Gasteiger partial charge in [0.15, 0.2) is 6.54 Å². The molecule has 0 aromatic heterocycles. The van der Waals surface area contributed by atoms with Crippen molar-refractivity contribution in [2.24, 2.45) is 11.8 Å². The minimum absolute atomic E-state index is 0.0401. The van der Waals surface area contributed by atoms with Gasteiger partial charge in [-0.2, -0.15) is 4.31 Å². The van der Waals surface area contributed by atoms with E-state index in [1.807, 2.05) is 13.8 Å². The highest BCUT2D eigenvalue weighted by molar-refractivity contribution is 7.89. The highest BCUT2D eigenvalue weighted by Gasteiger charge is 2.34. The largest absolute Gasteiger partial charge is 0.327 e. The number of anilines is 1. The van der Waals surface area contributed by atoms with Crippen molar-refractivity contribution in [3.8, 4) is 0 Å². The Morgan fingerprint density at radius 2 is 1.86 bits per heavy atom. The van der Waals surface area contributed by atoms with Crippen LogP contribution in [0.5, 0.6) is 0 Å². The molecule has 0 bridgehead atoms. The van der Waals surface area contributed by atoms with E-state index in [-0.39, 0.29) is 10.8 Å². The summed E-state index contributed by atoms with van der Waals surface area (Å²) in [5.74, 6) is 1.59. The number of piperidine rings is 1. The standard InChI is InChI=1S/C21H33N3O3S/c1-3-24(4-2)28(26,27)20-11-7-10-19(14-20)22-21(25)16-23-13-12-17-8-5-6-9-18(17)15-23/h7,10-11,14,17-18H,3-6,8-9,12-13,15-16H2,1-2H3,(H,22,25)/p+1/t17-,18+/m0/s1. The fourth-order valence-electron chi connectivity index (χ4n) is 4.84. The number of quaternary nitrogens is 1. The fraction of sp³-hybridized carbons (Fsp3) is 0.667. The number of fused-ring (bicyclic) bond motifs is 1. The molecule has 2 aliphatic rings. The highest BCUT2D eigenvalue weighted by Crippen LogP contribution is 2.32. The molecule has 1 aliphatic carbocycles. The van der Waals surface area contributed by atoms with Crippen LogP contribution < -0.4 is 10.2 Å². The second kappa shape index (κ2) is 9.37. The zero-order valence-corrected chi connectivity index (χ0v) is 17.9. The molecule has 3 rings (SSSR count). The zero-order valence-electron chi connectivity index (χ0n) is 17.1. The Morgan fingerprint density at radius 3 is 2.57 bits per heavy atom. The van der Waals surface area contributed by atoms with E-state index in [1.165, 1.54) is 41.3 Å². The Bertz CT molecular complexity index is 777. The maximum atomic E-state index is 12.7. The normalized spacial score (nSPS) is 25.3. The van der Waals surface area contributed by atoms with Gasteiger partial charge >= 0.3 is 0 Å². The molecule has 156 valence electrons. The Kier molecular flexibility index (Phi) is 7.12. The lowest BCUT2D eigenvalue weighted by Crippen LogP contribution is -3.15. The number of nitrogens with zero attached hydrogens (tertiary/aromatic N) is 1. The molecule has 1 unspecified atom stereocenters. The molecule has 1 aromatic rings. The number of hydrogen-bond donors (Lipinski definition) is 2. The second-order valence-electron chi connectivity index (χ2n) is 8.14. The molecular weight excluding hydrogens is 374 g/mol. The van der Waals surface area contributed by atoms with Crippen molar-refractivity contribution in [2.45, 2.75) is 50.8 Å². The van der Waals surface area contributed by atoms with Crippen LogP contribution in [0.4, 0.5) is 5.69 Å². The van der Waals surface area contributed by atoms with Crippen molar-refractivity contribution < 1.29 is 18.1 Å². The molecule has 1 saturated carbocycles. The van der Waals surface area contributed by atoms with Crippen molar-refractivity contribution in [1.29, 1.82) is 0 Å². The Balaban J connectivity index is 1.60. The van der Waals surface area contributed by atoms with Crippen LogP contribution in [0.3, 0.4) is 0 Å². The lowest BCUT2D eigenvalue weighted by atomic mass is 9.75. The molecule has 28 heavy (non-hydrogen) atoms.